The van der Waals surface area contributed by atoms with Crippen LogP contribution in [0.2, 0.25) is 0 Å². The highest BCUT2D eigenvalue weighted by Crippen LogP contribution is 2.31. The van der Waals surface area contributed by atoms with Crippen molar-refractivity contribution in [3.63, 3.8) is 0 Å². The predicted molar refractivity (Wildman–Crippen MR) is 80.8 cm³/mol. The lowest BCUT2D eigenvalue weighted by molar-refractivity contribution is 0.689. The third-order valence-corrected chi connectivity index (χ3v) is 5.20. The van der Waals surface area contributed by atoms with Crippen molar-refractivity contribution >= 4 is 22.7 Å². The molecule has 0 radical (unpaired) electrons. The van der Waals surface area contributed by atoms with Gasteiger partial charge in [0, 0.05) is 15.1 Å². The van der Waals surface area contributed by atoms with Crippen molar-refractivity contribution in [1.82, 2.24) is 10.3 Å². The lowest BCUT2D eigenvalue weighted by Gasteiger charge is -2.11. The summed E-state index contributed by atoms with van der Waals surface area (Å²) in [5, 5.41) is 6.73. The second-order valence-corrected chi connectivity index (χ2v) is 6.73. The molecule has 4 heteroatoms. The molecule has 0 fully saturated rings. The van der Waals surface area contributed by atoms with Crippen LogP contribution in [0.4, 0.5) is 0 Å². The number of hydrogen-bond donors (Lipinski definition) is 1. The molecule has 2 aromatic heterocycles. The molecule has 0 saturated heterocycles. The van der Waals surface area contributed by atoms with Gasteiger partial charge in [-0.1, -0.05) is 20.8 Å². The molecule has 0 aromatic carbocycles. The Morgan fingerprint density at radius 1 is 1.33 bits per heavy atom. The van der Waals surface area contributed by atoms with Gasteiger partial charge >= 0.3 is 0 Å². The van der Waals surface area contributed by atoms with E-state index in [9.17, 15) is 0 Å². The van der Waals surface area contributed by atoms with Crippen LogP contribution in [-0.2, 0) is 6.42 Å². The van der Waals surface area contributed by atoms with Crippen LogP contribution in [0.5, 0.6) is 0 Å². The number of aromatic nitrogens is 1. The van der Waals surface area contributed by atoms with Gasteiger partial charge in [-0.25, -0.2) is 4.98 Å². The zero-order valence-corrected chi connectivity index (χ0v) is 13.0. The molecule has 18 heavy (non-hydrogen) atoms. The Bertz CT molecular complexity index is 499. The van der Waals surface area contributed by atoms with Crippen LogP contribution in [0.25, 0.3) is 0 Å². The molecule has 2 aromatic rings. The second kappa shape index (κ2) is 5.95. The van der Waals surface area contributed by atoms with Gasteiger partial charge in [-0.3, -0.25) is 0 Å². The lowest BCUT2D eigenvalue weighted by atomic mass is 10.1. The minimum atomic E-state index is 0.243. The maximum Gasteiger partial charge on any atom is 0.115 e. The molecule has 0 amide bonds. The molecule has 2 rings (SSSR count). The second-order valence-electron chi connectivity index (χ2n) is 4.64. The van der Waals surface area contributed by atoms with E-state index in [2.05, 4.69) is 43.6 Å². The van der Waals surface area contributed by atoms with E-state index in [1.54, 1.807) is 11.3 Å². The van der Waals surface area contributed by atoms with Crippen molar-refractivity contribution in [2.45, 2.75) is 39.2 Å². The van der Waals surface area contributed by atoms with E-state index in [-0.39, 0.29) is 6.04 Å². The minimum absolute atomic E-state index is 0.243. The fraction of sp³-hybridized carbons (Fsp3) is 0.500. The molecule has 0 aliphatic rings. The number of rotatable bonds is 5. The molecular weight excluding hydrogens is 260 g/mol. The summed E-state index contributed by atoms with van der Waals surface area (Å²) >= 11 is 3.64. The van der Waals surface area contributed by atoms with E-state index in [4.69, 9.17) is 4.98 Å². The SMILES string of the molecule is CCc1ccc(C(NC)c2nc(C(C)C)cs2)s1. The van der Waals surface area contributed by atoms with Crippen molar-refractivity contribution in [3.05, 3.63) is 38.0 Å². The molecule has 1 unspecified atom stereocenters. The van der Waals surface area contributed by atoms with E-state index in [0.717, 1.165) is 6.42 Å². The topological polar surface area (TPSA) is 24.9 Å². The van der Waals surface area contributed by atoms with Crippen LogP contribution in [0.3, 0.4) is 0 Å². The Morgan fingerprint density at radius 2 is 2.11 bits per heavy atom. The first kappa shape index (κ1) is 13.7. The molecular formula is C14H20N2S2. The molecule has 98 valence electrons. The fourth-order valence-corrected chi connectivity index (χ4v) is 4.07. The quantitative estimate of drug-likeness (QED) is 0.888. The summed E-state index contributed by atoms with van der Waals surface area (Å²) in [7, 11) is 2.01. The highest BCUT2D eigenvalue weighted by molar-refractivity contribution is 7.12. The summed E-state index contributed by atoms with van der Waals surface area (Å²) in [5.41, 5.74) is 1.20. The Balaban J connectivity index is 2.26. The Kier molecular flexibility index (Phi) is 4.54. The Morgan fingerprint density at radius 3 is 2.61 bits per heavy atom. The third kappa shape index (κ3) is 2.82. The predicted octanol–water partition coefficient (Wildman–Crippen LogP) is 4.20. The standard InChI is InChI=1S/C14H20N2S2/c1-5-10-6-7-12(18-10)13(15-4)14-16-11(8-17-14)9(2)3/h6-9,13,15H,5H2,1-4H3. The van der Waals surface area contributed by atoms with Gasteiger partial charge in [0.05, 0.1) is 11.7 Å². The van der Waals surface area contributed by atoms with Crippen LogP contribution in [0, 0.1) is 0 Å². The van der Waals surface area contributed by atoms with Gasteiger partial charge in [0.15, 0.2) is 0 Å². The largest absolute Gasteiger partial charge is 0.307 e. The van der Waals surface area contributed by atoms with E-state index in [1.165, 1.54) is 20.5 Å². The van der Waals surface area contributed by atoms with Gasteiger partial charge in [-0.05, 0) is 31.5 Å². The van der Waals surface area contributed by atoms with Gasteiger partial charge in [-0.15, -0.1) is 22.7 Å². The first-order valence-corrected chi connectivity index (χ1v) is 8.06. The average Bonchev–Trinajstić information content (AvgIpc) is 2.99. The van der Waals surface area contributed by atoms with Crippen molar-refractivity contribution in [2.24, 2.45) is 0 Å². The van der Waals surface area contributed by atoms with Crippen molar-refractivity contribution in [2.75, 3.05) is 7.05 Å². The first-order valence-electron chi connectivity index (χ1n) is 6.36. The number of nitrogens with zero attached hydrogens (tertiary/aromatic N) is 1. The molecule has 1 N–H and O–H groups in total. The maximum atomic E-state index is 4.76. The van der Waals surface area contributed by atoms with E-state index < -0.39 is 0 Å². The van der Waals surface area contributed by atoms with Gasteiger partial charge in [0.1, 0.15) is 5.01 Å². The summed E-state index contributed by atoms with van der Waals surface area (Å²) in [5.74, 6) is 0.502. The molecule has 0 spiro atoms. The van der Waals surface area contributed by atoms with Gasteiger partial charge in [0.25, 0.3) is 0 Å². The average molecular weight is 280 g/mol. The van der Waals surface area contributed by atoms with Crippen LogP contribution >= 0.6 is 22.7 Å². The third-order valence-electron chi connectivity index (χ3n) is 2.98. The lowest BCUT2D eigenvalue weighted by Crippen LogP contribution is -2.16. The molecule has 2 nitrogen and oxygen atoms in total. The molecule has 0 aliphatic carbocycles. The summed E-state index contributed by atoms with van der Waals surface area (Å²) in [6, 6.07) is 4.69. The van der Waals surface area contributed by atoms with Gasteiger partial charge < -0.3 is 5.32 Å². The molecule has 1 atom stereocenters. The highest BCUT2D eigenvalue weighted by Gasteiger charge is 2.18. The molecule has 0 bridgehead atoms. The minimum Gasteiger partial charge on any atom is -0.307 e. The fourth-order valence-electron chi connectivity index (χ4n) is 1.83. The van der Waals surface area contributed by atoms with Crippen molar-refractivity contribution in [3.8, 4) is 0 Å². The molecule has 0 saturated carbocycles. The Hall–Kier alpha value is -0.710. The molecule has 0 aliphatic heterocycles. The highest BCUT2D eigenvalue weighted by atomic mass is 32.1. The van der Waals surface area contributed by atoms with Crippen LogP contribution in [-0.4, -0.2) is 12.0 Å². The van der Waals surface area contributed by atoms with Crippen LogP contribution in [0.15, 0.2) is 17.5 Å². The maximum absolute atomic E-state index is 4.76. The number of nitrogens with one attached hydrogen (secondary N) is 1. The van der Waals surface area contributed by atoms with Crippen molar-refractivity contribution in [1.29, 1.82) is 0 Å². The summed E-state index contributed by atoms with van der Waals surface area (Å²) in [6.07, 6.45) is 1.11. The van der Waals surface area contributed by atoms with Gasteiger partial charge in [-0.2, -0.15) is 0 Å². The monoisotopic (exact) mass is 280 g/mol. The normalized spacial score (nSPS) is 13.2. The van der Waals surface area contributed by atoms with Crippen LogP contribution in [0.1, 0.15) is 53.2 Å². The number of aryl methyl sites for hydroxylation is 1. The van der Waals surface area contributed by atoms with E-state index in [1.807, 2.05) is 18.4 Å². The van der Waals surface area contributed by atoms with Gasteiger partial charge in [0.2, 0.25) is 0 Å². The van der Waals surface area contributed by atoms with Crippen LogP contribution < -0.4 is 5.32 Å². The number of thiazole rings is 1. The van der Waals surface area contributed by atoms with E-state index >= 15 is 0 Å². The first-order chi connectivity index (χ1) is 8.65. The Labute approximate surface area is 117 Å². The summed E-state index contributed by atoms with van der Waals surface area (Å²) < 4.78 is 0. The summed E-state index contributed by atoms with van der Waals surface area (Å²) in [6.45, 7) is 6.57. The smallest absolute Gasteiger partial charge is 0.115 e. The number of hydrogen-bond acceptors (Lipinski definition) is 4. The van der Waals surface area contributed by atoms with Crippen molar-refractivity contribution < 1.29 is 0 Å². The zero-order chi connectivity index (χ0) is 13.1. The zero-order valence-electron chi connectivity index (χ0n) is 11.4. The number of thiophene rings is 1. The summed E-state index contributed by atoms with van der Waals surface area (Å²) in [4.78, 5) is 7.55. The molecule has 2 heterocycles. The van der Waals surface area contributed by atoms with E-state index in [0.29, 0.717) is 5.92 Å².